The fourth-order valence-electron chi connectivity index (χ4n) is 3.76. The first-order chi connectivity index (χ1) is 15.3. The molecule has 0 aromatic heterocycles. The summed E-state index contributed by atoms with van der Waals surface area (Å²) in [5.74, 6) is -0.108. The van der Waals surface area contributed by atoms with Crippen LogP contribution < -0.4 is 4.72 Å². The molecule has 0 radical (unpaired) electrons. The van der Waals surface area contributed by atoms with Crippen molar-refractivity contribution in [2.45, 2.75) is 44.0 Å². The van der Waals surface area contributed by atoms with Gasteiger partial charge < -0.3 is 9.80 Å². The number of hydrogen-bond acceptors (Lipinski definition) is 4. The lowest BCUT2D eigenvalue weighted by Crippen LogP contribution is -2.50. The molecule has 0 saturated carbocycles. The topological polar surface area (TPSA) is 86.8 Å². The van der Waals surface area contributed by atoms with Crippen molar-refractivity contribution < 1.29 is 18.0 Å². The van der Waals surface area contributed by atoms with E-state index in [1.165, 1.54) is 17.7 Å². The minimum atomic E-state index is -3.67. The van der Waals surface area contributed by atoms with Crippen LogP contribution in [0.4, 0.5) is 0 Å². The molecule has 0 aliphatic carbocycles. The molecule has 8 heteroatoms. The third-order valence-electron chi connectivity index (χ3n) is 5.40. The van der Waals surface area contributed by atoms with E-state index in [0.717, 1.165) is 12.8 Å². The predicted molar refractivity (Wildman–Crippen MR) is 124 cm³/mol. The van der Waals surface area contributed by atoms with Crippen LogP contribution in [0, 0.1) is 0 Å². The summed E-state index contributed by atoms with van der Waals surface area (Å²) in [7, 11) is -3.67. The molecule has 0 unspecified atom stereocenters. The maximum absolute atomic E-state index is 12.9. The molecule has 0 atom stereocenters. The van der Waals surface area contributed by atoms with Gasteiger partial charge in [0, 0.05) is 44.2 Å². The normalized spacial score (nSPS) is 14.6. The van der Waals surface area contributed by atoms with Gasteiger partial charge in [-0.1, -0.05) is 36.4 Å². The highest BCUT2D eigenvalue weighted by molar-refractivity contribution is 7.89. The van der Waals surface area contributed by atoms with E-state index in [0.29, 0.717) is 38.2 Å². The SMILES string of the molecule is CC(C)NS(=O)(=O)c1cccc(C(=O)N2CCN(C(=O)CCCc3ccccc3)CC2)c1. The highest BCUT2D eigenvalue weighted by Crippen LogP contribution is 2.16. The highest BCUT2D eigenvalue weighted by Gasteiger charge is 2.25. The molecule has 2 aromatic carbocycles. The predicted octanol–water partition coefficient (Wildman–Crippen LogP) is 2.68. The molecule has 1 N–H and O–H groups in total. The lowest BCUT2D eigenvalue weighted by Gasteiger charge is -2.35. The molecule has 2 aromatic rings. The van der Waals surface area contributed by atoms with Gasteiger partial charge in [-0.3, -0.25) is 9.59 Å². The third-order valence-corrected chi connectivity index (χ3v) is 7.06. The standard InChI is InChI=1S/C24H31N3O4S/c1-19(2)25-32(30,31)22-12-7-11-21(18-22)24(29)27-16-14-26(15-17-27)23(28)13-6-10-20-8-4-3-5-9-20/h3-5,7-9,11-12,18-19,25H,6,10,13-17H2,1-2H3. The minimum Gasteiger partial charge on any atom is -0.339 e. The largest absolute Gasteiger partial charge is 0.339 e. The second-order valence-corrected chi connectivity index (χ2v) is 10.0. The van der Waals surface area contributed by atoms with E-state index in [4.69, 9.17) is 0 Å². The molecule has 3 rings (SSSR count). The second-order valence-electron chi connectivity index (χ2n) is 8.32. The van der Waals surface area contributed by atoms with Gasteiger partial charge in [-0.05, 0) is 50.5 Å². The van der Waals surface area contributed by atoms with Gasteiger partial charge in [0.25, 0.3) is 5.91 Å². The fraction of sp³-hybridized carbons (Fsp3) is 0.417. The molecule has 0 bridgehead atoms. The summed E-state index contributed by atoms with van der Waals surface area (Å²) >= 11 is 0. The number of carbonyl (C=O) groups is 2. The average molecular weight is 458 g/mol. The maximum Gasteiger partial charge on any atom is 0.254 e. The molecule has 1 saturated heterocycles. The van der Waals surface area contributed by atoms with Crippen molar-refractivity contribution in [3.05, 3.63) is 65.7 Å². The molecule has 0 spiro atoms. The quantitative estimate of drug-likeness (QED) is 0.660. The molecule has 1 aliphatic heterocycles. The zero-order valence-corrected chi connectivity index (χ0v) is 19.5. The minimum absolute atomic E-state index is 0.0734. The maximum atomic E-state index is 12.9. The number of hydrogen-bond donors (Lipinski definition) is 1. The molecule has 1 aliphatic rings. The van der Waals surface area contributed by atoms with Gasteiger partial charge in [0.15, 0.2) is 0 Å². The van der Waals surface area contributed by atoms with Gasteiger partial charge in [0.2, 0.25) is 15.9 Å². The van der Waals surface area contributed by atoms with E-state index >= 15 is 0 Å². The number of amides is 2. The van der Waals surface area contributed by atoms with Crippen LogP contribution in [0.25, 0.3) is 0 Å². The number of piperazine rings is 1. The monoisotopic (exact) mass is 457 g/mol. The summed E-state index contributed by atoms with van der Waals surface area (Å²) in [6.45, 7) is 5.34. The Labute approximate surface area is 190 Å². The number of aryl methyl sites for hydroxylation is 1. The molecule has 1 fully saturated rings. The molecular formula is C24H31N3O4S. The average Bonchev–Trinajstić information content (AvgIpc) is 2.78. The third kappa shape index (κ3) is 6.40. The lowest BCUT2D eigenvalue weighted by atomic mass is 10.1. The van der Waals surface area contributed by atoms with Crippen LogP contribution >= 0.6 is 0 Å². The Morgan fingerprint density at radius 2 is 1.59 bits per heavy atom. The van der Waals surface area contributed by atoms with Crippen LogP contribution in [0.15, 0.2) is 59.5 Å². The number of nitrogens with zero attached hydrogens (tertiary/aromatic N) is 2. The second kappa shape index (κ2) is 10.7. The Hall–Kier alpha value is -2.71. The summed E-state index contributed by atoms with van der Waals surface area (Å²) in [4.78, 5) is 29.0. The molecule has 1 heterocycles. The lowest BCUT2D eigenvalue weighted by molar-refractivity contribution is -0.132. The van der Waals surface area contributed by atoms with Crippen LogP contribution in [0.2, 0.25) is 0 Å². The zero-order valence-electron chi connectivity index (χ0n) is 18.7. The Kier molecular flexibility index (Phi) is 8.04. The Balaban J connectivity index is 1.52. The highest BCUT2D eigenvalue weighted by atomic mass is 32.2. The summed E-state index contributed by atoms with van der Waals surface area (Å²) < 4.78 is 27.3. The summed E-state index contributed by atoms with van der Waals surface area (Å²) in [5.41, 5.74) is 1.56. The Bertz CT molecular complexity index is 1030. The first-order valence-corrected chi connectivity index (χ1v) is 12.5. The van der Waals surface area contributed by atoms with Gasteiger partial charge in [0.05, 0.1) is 4.90 Å². The van der Waals surface area contributed by atoms with E-state index in [1.54, 1.807) is 30.9 Å². The van der Waals surface area contributed by atoms with Gasteiger partial charge in [-0.2, -0.15) is 0 Å². The Morgan fingerprint density at radius 1 is 0.938 bits per heavy atom. The first kappa shape index (κ1) is 23.9. The van der Waals surface area contributed by atoms with Crippen molar-refractivity contribution in [2.24, 2.45) is 0 Å². The fourth-order valence-corrected chi connectivity index (χ4v) is 5.06. The van der Waals surface area contributed by atoms with Gasteiger partial charge in [-0.25, -0.2) is 13.1 Å². The van der Waals surface area contributed by atoms with Crippen molar-refractivity contribution in [3.8, 4) is 0 Å². The van der Waals surface area contributed by atoms with Gasteiger partial charge in [0.1, 0.15) is 0 Å². The molecular weight excluding hydrogens is 426 g/mol. The first-order valence-electron chi connectivity index (χ1n) is 11.0. The molecule has 32 heavy (non-hydrogen) atoms. The number of carbonyl (C=O) groups excluding carboxylic acids is 2. The van der Waals surface area contributed by atoms with E-state index in [9.17, 15) is 18.0 Å². The van der Waals surface area contributed by atoms with Crippen LogP contribution in [0.3, 0.4) is 0 Å². The van der Waals surface area contributed by atoms with Gasteiger partial charge >= 0.3 is 0 Å². The Morgan fingerprint density at radius 3 is 2.25 bits per heavy atom. The van der Waals surface area contributed by atoms with Crippen LogP contribution in [0.5, 0.6) is 0 Å². The zero-order chi connectivity index (χ0) is 23.1. The van der Waals surface area contributed by atoms with Crippen molar-refractivity contribution >= 4 is 21.8 Å². The molecule has 172 valence electrons. The van der Waals surface area contributed by atoms with E-state index in [2.05, 4.69) is 16.9 Å². The van der Waals surface area contributed by atoms with Crippen LogP contribution in [-0.4, -0.2) is 62.3 Å². The molecule has 7 nitrogen and oxygen atoms in total. The van der Waals surface area contributed by atoms with Crippen molar-refractivity contribution in [1.82, 2.24) is 14.5 Å². The smallest absolute Gasteiger partial charge is 0.254 e. The van der Waals surface area contributed by atoms with Crippen molar-refractivity contribution in [1.29, 1.82) is 0 Å². The van der Waals surface area contributed by atoms with Crippen LogP contribution in [-0.2, 0) is 21.2 Å². The van der Waals surface area contributed by atoms with Gasteiger partial charge in [-0.15, -0.1) is 0 Å². The van der Waals surface area contributed by atoms with Crippen molar-refractivity contribution in [3.63, 3.8) is 0 Å². The summed E-state index contributed by atoms with van der Waals surface area (Å²) in [6, 6.07) is 16.0. The summed E-state index contributed by atoms with van der Waals surface area (Å²) in [5, 5.41) is 0. The van der Waals surface area contributed by atoms with E-state index in [1.807, 2.05) is 23.1 Å². The van der Waals surface area contributed by atoms with Crippen molar-refractivity contribution in [2.75, 3.05) is 26.2 Å². The number of rotatable bonds is 8. The summed E-state index contributed by atoms with van der Waals surface area (Å²) in [6.07, 6.45) is 2.16. The number of nitrogens with one attached hydrogen (secondary N) is 1. The number of sulfonamides is 1. The van der Waals surface area contributed by atoms with Crippen LogP contribution in [0.1, 0.15) is 42.6 Å². The molecule has 2 amide bonds. The van der Waals surface area contributed by atoms with E-state index in [-0.39, 0.29) is 22.8 Å². The number of benzene rings is 2. The van der Waals surface area contributed by atoms with E-state index < -0.39 is 10.0 Å².